The van der Waals surface area contributed by atoms with Gasteiger partial charge in [-0.15, -0.1) is 0 Å². The molecule has 6 rings (SSSR count). The lowest BCUT2D eigenvalue weighted by Gasteiger charge is -2.39. The molecule has 4 aliphatic rings. The monoisotopic (exact) mass is 264 g/mol. The van der Waals surface area contributed by atoms with Crippen molar-refractivity contribution < 1.29 is 5.11 Å². The molecule has 0 radical (unpaired) electrons. The molecule has 0 saturated heterocycles. The summed E-state index contributed by atoms with van der Waals surface area (Å²) >= 11 is 0. The smallest absolute Gasteiger partial charge is 0.119 e. The minimum Gasteiger partial charge on any atom is -0.508 e. The molecule has 2 aromatic carbocycles. The topological polar surface area (TPSA) is 20.2 Å². The third kappa shape index (κ3) is 1.33. The van der Waals surface area contributed by atoms with Gasteiger partial charge < -0.3 is 5.11 Å². The first-order valence-electron chi connectivity index (χ1n) is 7.96. The minimum absolute atomic E-state index is 0.296. The predicted molar refractivity (Wildman–Crippen MR) is 80.8 cm³/mol. The highest BCUT2D eigenvalue weighted by molar-refractivity contribution is 5.85. The van der Waals surface area contributed by atoms with E-state index in [1.165, 1.54) is 43.1 Å². The highest BCUT2D eigenvalue weighted by Crippen LogP contribution is 2.65. The van der Waals surface area contributed by atoms with E-state index in [0.29, 0.717) is 11.2 Å². The van der Waals surface area contributed by atoms with E-state index in [4.69, 9.17) is 0 Å². The fourth-order valence-electron chi connectivity index (χ4n) is 5.79. The van der Waals surface area contributed by atoms with Crippen molar-refractivity contribution in [2.45, 2.75) is 37.5 Å². The Bertz CT molecular complexity index is 682. The summed E-state index contributed by atoms with van der Waals surface area (Å²) in [5.74, 6) is 3.35. The number of aromatic hydroxyl groups is 1. The summed E-state index contributed by atoms with van der Waals surface area (Å²) in [5, 5.41) is 13.0. The van der Waals surface area contributed by atoms with Gasteiger partial charge in [0, 0.05) is 5.56 Å². The van der Waals surface area contributed by atoms with Crippen molar-refractivity contribution in [3.05, 3.63) is 42.0 Å². The molecule has 2 unspecified atom stereocenters. The van der Waals surface area contributed by atoms with Gasteiger partial charge in [0.05, 0.1) is 0 Å². The Hall–Kier alpha value is -1.50. The van der Waals surface area contributed by atoms with Crippen molar-refractivity contribution in [2.75, 3.05) is 0 Å². The number of benzene rings is 2. The molecule has 0 heterocycles. The van der Waals surface area contributed by atoms with Crippen molar-refractivity contribution in [3.63, 3.8) is 0 Å². The summed E-state index contributed by atoms with van der Waals surface area (Å²) < 4.78 is 0. The van der Waals surface area contributed by atoms with E-state index in [1.54, 1.807) is 0 Å². The Morgan fingerprint density at radius 3 is 2.20 bits per heavy atom. The van der Waals surface area contributed by atoms with E-state index in [0.717, 1.165) is 23.1 Å². The molecule has 2 aromatic rings. The van der Waals surface area contributed by atoms with Crippen LogP contribution in [0, 0.1) is 17.8 Å². The van der Waals surface area contributed by atoms with Gasteiger partial charge in [0.15, 0.2) is 0 Å². The van der Waals surface area contributed by atoms with Crippen LogP contribution in [0.4, 0.5) is 0 Å². The Balaban J connectivity index is 1.69. The maximum Gasteiger partial charge on any atom is 0.119 e. The highest BCUT2D eigenvalue weighted by atomic mass is 16.3. The summed E-state index contributed by atoms with van der Waals surface area (Å²) in [6.45, 7) is 0. The average Bonchev–Trinajstić information content (AvgIpc) is 2.86. The Morgan fingerprint density at radius 1 is 0.900 bits per heavy atom. The number of hydrogen-bond donors (Lipinski definition) is 1. The van der Waals surface area contributed by atoms with Gasteiger partial charge in [0.1, 0.15) is 5.75 Å². The van der Waals surface area contributed by atoms with Gasteiger partial charge >= 0.3 is 0 Å². The molecule has 0 spiro atoms. The molecule has 4 bridgehead atoms. The van der Waals surface area contributed by atoms with E-state index >= 15 is 0 Å². The molecule has 0 aliphatic heterocycles. The zero-order chi connectivity index (χ0) is 13.3. The molecule has 4 saturated carbocycles. The average molecular weight is 264 g/mol. The number of fused-ring (bicyclic) bond motifs is 1. The number of phenolic OH excluding ortho intramolecular Hbond substituents is 1. The van der Waals surface area contributed by atoms with E-state index in [2.05, 4.69) is 24.3 Å². The largest absolute Gasteiger partial charge is 0.508 e. The van der Waals surface area contributed by atoms with Crippen molar-refractivity contribution in [3.8, 4) is 5.75 Å². The first-order valence-corrected chi connectivity index (χ1v) is 7.96. The second-order valence-electron chi connectivity index (χ2n) is 7.47. The number of rotatable bonds is 1. The fraction of sp³-hybridized carbons (Fsp3) is 0.474. The molecule has 0 aromatic heterocycles. The molecule has 1 nitrogen and oxygen atoms in total. The Morgan fingerprint density at radius 2 is 1.55 bits per heavy atom. The lowest BCUT2D eigenvalue weighted by Crippen LogP contribution is -2.31. The molecule has 1 N–H and O–H groups in total. The van der Waals surface area contributed by atoms with Crippen LogP contribution in [0.2, 0.25) is 0 Å². The Kier molecular flexibility index (Phi) is 2.00. The van der Waals surface area contributed by atoms with Crippen LogP contribution in [-0.4, -0.2) is 5.11 Å². The van der Waals surface area contributed by atoms with E-state index in [1.807, 2.05) is 12.1 Å². The zero-order valence-corrected chi connectivity index (χ0v) is 11.7. The molecule has 20 heavy (non-hydrogen) atoms. The van der Waals surface area contributed by atoms with Crippen LogP contribution in [0.3, 0.4) is 0 Å². The molecule has 1 heteroatoms. The quantitative estimate of drug-likeness (QED) is 0.796. The Labute approximate surface area is 119 Å². The molecule has 0 amide bonds. The van der Waals surface area contributed by atoms with Crippen molar-refractivity contribution in [1.82, 2.24) is 0 Å². The summed E-state index contributed by atoms with van der Waals surface area (Å²) in [5.41, 5.74) is 1.54. The normalized spacial score (nSPS) is 37.9. The molecule has 4 aliphatic carbocycles. The lowest BCUT2D eigenvalue weighted by atomic mass is 9.65. The second kappa shape index (κ2) is 3.58. The summed E-state index contributed by atoms with van der Waals surface area (Å²) in [4.78, 5) is 0. The van der Waals surface area contributed by atoms with E-state index in [-0.39, 0.29) is 0 Å². The van der Waals surface area contributed by atoms with Gasteiger partial charge in [-0.05, 0) is 78.2 Å². The molecular formula is C19H20O. The van der Waals surface area contributed by atoms with E-state index < -0.39 is 0 Å². The molecule has 2 atom stereocenters. The number of phenols is 1. The van der Waals surface area contributed by atoms with Crippen LogP contribution in [0.15, 0.2) is 36.4 Å². The van der Waals surface area contributed by atoms with Gasteiger partial charge in [0.2, 0.25) is 0 Å². The van der Waals surface area contributed by atoms with Crippen LogP contribution in [0.25, 0.3) is 10.8 Å². The first-order chi connectivity index (χ1) is 9.73. The summed E-state index contributed by atoms with van der Waals surface area (Å²) in [6, 6.07) is 12.7. The highest BCUT2D eigenvalue weighted by Gasteiger charge is 2.56. The zero-order valence-electron chi connectivity index (χ0n) is 11.7. The number of hydrogen-bond acceptors (Lipinski definition) is 1. The SMILES string of the molecule is Oc1cc2ccccc2cc1C12CC3CC(C1)C(C3)C2. The van der Waals surface area contributed by atoms with E-state index in [9.17, 15) is 5.11 Å². The van der Waals surface area contributed by atoms with Crippen LogP contribution < -0.4 is 0 Å². The second-order valence-corrected chi connectivity index (χ2v) is 7.47. The van der Waals surface area contributed by atoms with Gasteiger partial charge in [0.25, 0.3) is 0 Å². The molecule has 102 valence electrons. The summed E-state index contributed by atoms with van der Waals surface area (Å²) in [7, 11) is 0. The standard InChI is InChI=1S/C19H20O/c20-18-8-14-4-2-1-3-13(14)7-17(18)19-9-12-5-15(10-19)16(6-12)11-19/h1-4,7-8,12,15-16,20H,5-6,9-11H2. The van der Waals surface area contributed by atoms with Gasteiger partial charge in [-0.1, -0.05) is 24.3 Å². The van der Waals surface area contributed by atoms with Crippen LogP contribution in [-0.2, 0) is 5.41 Å². The third-order valence-electron chi connectivity index (χ3n) is 6.36. The molecular weight excluding hydrogens is 244 g/mol. The first kappa shape index (κ1) is 11.2. The van der Waals surface area contributed by atoms with Gasteiger partial charge in [-0.25, -0.2) is 0 Å². The molecule has 4 fully saturated rings. The lowest BCUT2D eigenvalue weighted by molar-refractivity contribution is 0.224. The van der Waals surface area contributed by atoms with Gasteiger partial charge in [-0.2, -0.15) is 0 Å². The van der Waals surface area contributed by atoms with Crippen LogP contribution in [0.5, 0.6) is 5.75 Å². The summed E-state index contributed by atoms with van der Waals surface area (Å²) in [6.07, 6.45) is 6.87. The maximum atomic E-state index is 10.6. The van der Waals surface area contributed by atoms with Crippen molar-refractivity contribution >= 4 is 10.8 Å². The minimum atomic E-state index is 0.296. The third-order valence-corrected chi connectivity index (χ3v) is 6.36. The maximum absolute atomic E-state index is 10.6. The predicted octanol–water partition coefficient (Wildman–Crippen LogP) is 4.62. The van der Waals surface area contributed by atoms with Crippen molar-refractivity contribution in [1.29, 1.82) is 0 Å². The van der Waals surface area contributed by atoms with Crippen LogP contribution >= 0.6 is 0 Å². The van der Waals surface area contributed by atoms with Gasteiger partial charge in [-0.3, -0.25) is 0 Å². The fourth-order valence-corrected chi connectivity index (χ4v) is 5.79. The van der Waals surface area contributed by atoms with Crippen molar-refractivity contribution in [2.24, 2.45) is 17.8 Å². The van der Waals surface area contributed by atoms with Crippen LogP contribution in [0.1, 0.15) is 37.7 Å².